The maximum Gasteiger partial charge on any atom is 0.148 e. The minimum Gasteiger partial charge on any atom is -0.383 e. The molecular formula is C29H32BClFN7. The lowest BCUT2D eigenvalue weighted by Gasteiger charge is -2.41. The predicted octanol–water partition coefficient (Wildman–Crippen LogP) is 5.12. The highest BCUT2D eigenvalue weighted by atomic mass is 35.5. The van der Waals surface area contributed by atoms with Crippen molar-refractivity contribution in [3.63, 3.8) is 0 Å². The number of hydrogen-bond acceptors (Lipinski definition) is 7. The Morgan fingerprint density at radius 1 is 1.28 bits per heavy atom. The lowest BCUT2D eigenvalue weighted by atomic mass is 9.67. The highest BCUT2D eigenvalue weighted by Gasteiger charge is 2.38. The summed E-state index contributed by atoms with van der Waals surface area (Å²) in [4.78, 5) is 4.53. The van der Waals surface area contributed by atoms with Gasteiger partial charge in [0.15, 0.2) is 0 Å². The number of benzene rings is 2. The Bertz CT molecular complexity index is 1470. The van der Waals surface area contributed by atoms with Crippen LogP contribution in [-0.2, 0) is 5.44 Å². The summed E-state index contributed by atoms with van der Waals surface area (Å²) in [5, 5.41) is 20.6. The van der Waals surface area contributed by atoms with Crippen LogP contribution in [0.3, 0.4) is 0 Å². The van der Waals surface area contributed by atoms with Gasteiger partial charge in [-0.05, 0) is 67.3 Å². The number of halogens is 2. The molecule has 0 bridgehead atoms. The van der Waals surface area contributed by atoms with Gasteiger partial charge < -0.3 is 16.1 Å². The van der Waals surface area contributed by atoms with E-state index in [0.29, 0.717) is 22.1 Å². The van der Waals surface area contributed by atoms with E-state index in [2.05, 4.69) is 58.6 Å². The topological polar surface area (TPSA) is 88.0 Å². The number of hydrazine groups is 2. The lowest BCUT2D eigenvalue weighted by molar-refractivity contribution is 0.145. The second kappa shape index (κ2) is 9.93. The monoisotopic (exact) mass is 543 g/mol. The molecule has 0 amide bonds. The van der Waals surface area contributed by atoms with Crippen LogP contribution in [0, 0.1) is 22.6 Å². The standard InChI is InChI=1S/C29H32BClFN7/c1-2-28(10-3-11-28)17-35-26-18(14-33)15-34-27-23(26)12-21(13-24(27)31)36-29(30,19-4-6-20(32)7-5-19)25-16-39(38-37-25)22-8-9-22/h4-7,12-13,15-16,22,36-38H,2-3,8-11,17,30H2,1H3,(H,34,35). The molecule has 39 heavy (non-hydrogen) atoms. The molecule has 0 saturated heterocycles. The van der Waals surface area contributed by atoms with Crippen LogP contribution in [0.25, 0.3) is 10.9 Å². The molecule has 4 N–H and O–H groups in total. The summed E-state index contributed by atoms with van der Waals surface area (Å²) in [6.45, 7) is 3.04. The van der Waals surface area contributed by atoms with Gasteiger partial charge in [0.1, 0.15) is 19.7 Å². The number of anilines is 2. The van der Waals surface area contributed by atoms with Gasteiger partial charge >= 0.3 is 0 Å². The Kier molecular flexibility index (Phi) is 6.56. The predicted molar refractivity (Wildman–Crippen MR) is 156 cm³/mol. The molecule has 1 unspecified atom stereocenters. The van der Waals surface area contributed by atoms with Gasteiger partial charge in [0.05, 0.1) is 32.9 Å². The van der Waals surface area contributed by atoms with E-state index in [1.807, 2.05) is 12.1 Å². The average Bonchev–Trinajstić information content (AvgIpc) is 3.64. The van der Waals surface area contributed by atoms with Crippen molar-refractivity contribution in [3.8, 4) is 6.07 Å². The van der Waals surface area contributed by atoms with Crippen molar-refractivity contribution in [3.05, 3.63) is 76.5 Å². The molecule has 1 atom stereocenters. The molecule has 2 aliphatic carbocycles. The summed E-state index contributed by atoms with van der Waals surface area (Å²) in [6.07, 6.45) is 10.7. The van der Waals surface area contributed by atoms with Crippen molar-refractivity contribution < 1.29 is 4.39 Å². The number of nitriles is 1. The lowest BCUT2D eigenvalue weighted by Crippen LogP contribution is -2.45. The number of aromatic nitrogens is 1. The summed E-state index contributed by atoms with van der Waals surface area (Å²) in [7, 11) is 2.06. The third-order valence-electron chi connectivity index (χ3n) is 8.73. The number of nitrogens with zero attached hydrogens (tertiary/aromatic N) is 3. The van der Waals surface area contributed by atoms with Crippen molar-refractivity contribution in [2.24, 2.45) is 5.41 Å². The summed E-state index contributed by atoms with van der Waals surface area (Å²) in [5.41, 5.74) is 10.5. The van der Waals surface area contributed by atoms with E-state index >= 15 is 0 Å². The zero-order chi connectivity index (χ0) is 27.2. The Morgan fingerprint density at radius 3 is 2.69 bits per heavy atom. The fourth-order valence-corrected chi connectivity index (χ4v) is 5.98. The summed E-state index contributed by atoms with van der Waals surface area (Å²) in [5.74, 6) is -0.289. The SMILES string of the molecule is BC(Nc1cc(Cl)c2ncc(C#N)c(NCC3(CC)CCC3)c2c1)(C1=CN(C2CC2)NN1)c1ccc(F)cc1. The maximum atomic E-state index is 13.9. The van der Waals surface area contributed by atoms with Gasteiger partial charge in [0, 0.05) is 36.1 Å². The van der Waals surface area contributed by atoms with Gasteiger partial charge in [-0.2, -0.15) is 5.26 Å². The third-order valence-corrected chi connectivity index (χ3v) is 9.02. The van der Waals surface area contributed by atoms with E-state index in [4.69, 9.17) is 11.6 Å². The Hall–Kier alpha value is -3.48. The van der Waals surface area contributed by atoms with E-state index in [1.165, 1.54) is 31.4 Å². The van der Waals surface area contributed by atoms with Gasteiger partial charge in [0.25, 0.3) is 0 Å². The average molecular weight is 544 g/mol. The summed E-state index contributed by atoms with van der Waals surface area (Å²) < 4.78 is 13.9. The van der Waals surface area contributed by atoms with Crippen molar-refractivity contribution >= 4 is 41.7 Å². The van der Waals surface area contributed by atoms with E-state index in [-0.39, 0.29) is 11.2 Å². The molecule has 3 aromatic rings. The Balaban J connectivity index is 1.41. The van der Waals surface area contributed by atoms with Crippen molar-refractivity contribution in [2.45, 2.75) is 56.9 Å². The van der Waals surface area contributed by atoms with Crippen LogP contribution in [0.4, 0.5) is 15.8 Å². The molecule has 2 aromatic carbocycles. The Morgan fingerprint density at radius 2 is 2.05 bits per heavy atom. The number of hydrogen-bond donors (Lipinski definition) is 4. The van der Waals surface area contributed by atoms with Crippen LogP contribution in [0.15, 0.2) is 54.5 Å². The van der Waals surface area contributed by atoms with Gasteiger partial charge in [-0.15, -0.1) is 5.53 Å². The fraction of sp³-hybridized carbons (Fsp3) is 0.379. The first-order valence-electron chi connectivity index (χ1n) is 13.7. The van der Waals surface area contributed by atoms with E-state index < -0.39 is 5.44 Å². The number of rotatable bonds is 9. The first-order chi connectivity index (χ1) is 18.8. The van der Waals surface area contributed by atoms with Crippen molar-refractivity contribution in [2.75, 3.05) is 17.2 Å². The third kappa shape index (κ3) is 4.77. The van der Waals surface area contributed by atoms with Crippen molar-refractivity contribution in [1.82, 2.24) is 21.0 Å². The molecule has 0 spiro atoms. The van der Waals surface area contributed by atoms with E-state index in [0.717, 1.165) is 53.8 Å². The van der Waals surface area contributed by atoms with Crippen LogP contribution in [-0.4, -0.2) is 30.4 Å². The summed E-state index contributed by atoms with van der Waals surface area (Å²) >= 11 is 6.80. The van der Waals surface area contributed by atoms with Gasteiger partial charge in [-0.1, -0.05) is 37.1 Å². The highest BCUT2D eigenvalue weighted by Crippen LogP contribution is 2.45. The molecule has 2 heterocycles. The molecule has 0 radical (unpaired) electrons. The molecular weight excluding hydrogens is 512 g/mol. The quantitative estimate of drug-likeness (QED) is 0.279. The van der Waals surface area contributed by atoms with Crippen LogP contribution in [0.1, 0.15) is 56.6 Å². The van der Waals surface area contributed by atoms with Crippen molar-refractivity contribution in [1.29, 1.82) is 5.26 Å². The first-order valence-corrected chi connectivity index (χ1v) is 14.0. The zero-order valence-electron chi connectivity index (χ0n) is 22.2. The molecule has 3 aliphatic rings. The van der Waals surface area contributed by atoms with E-state index in [1.54, 1.807) is 18.3 Å². The molecule has 1 aliphatic heterocycles. The molecule has 1 aromatic heterocycles. The molecule has 2 saturated carbocycles. The van der Waals surface area contributed by atoms with Crippen LogP contribution in [0.5, 0.6) is 0 Å². The van der Waals surface area contributed by atoms with E-state index in [9.17, 15) is 9.65 Å². The minimum atomic E-state index is -0.743. The smallest absolute Gasteiger partial charge is 0.148 e. The van der Waals surface area contributed by atoms with Crippen LogP contribution < -0.4 is 21.6 Å². The van der Waals surface area contributed by atoms with Crippen LogP contribution in [0.2, 0.25) is 5.02 Å². The molecule has 7 nitrogen and oxygen atoms in total. The second-order valence-electron chi connectivity index (χ2n) is 11.2. The maximum absolute atomic E-state index is 13.9. The van der Waals surface area contributed by atoms with Gasteiger partial charge in [0.2, 0.25) is 0 Å². The fourth-order valence-electron chi connectivity index (χ4n) is 5.71. The van der Waals surface area contributed by atoms with Crippen LogP contribution >= 0.6 is 11.6 Å². The number of fused-ring (bicyclic) bond motifs is 1. The first kappa shape index (κ1) is 25.8. The number of nitrogens with one attached hydrogen (secondary N) is 4. The minimum absolute atomic E-state index is 0.268. The largest absolute Gasteiger partial charge is 0.383 e. The highest BCUT2D eigenvalue weighted by molar-refractivity contribution is 6.36. The van der Waals surface area contributed by atoms with Gasteiger partial charge in [-0.3, -0.25) is 9.99 Å². The molecule has 6 rings (SSSR count). The Labute approximate surface area is 234 Å². The normalized spacial score (nSPS) is 19.4. The molecule has 2 fully saturated rings. The van der Waals surface area contributed by atoms with Gasteiger partial charge in [-0.25, -0.2) is 4.39 Å². The second-order valence-corrected chi connectivity index (χ2v) is 11.7. The molecule has 200 valence electrons. The number of pyridine rings is 1. The zero-order valence-corrected chi connectivity index (χ0v) is 23.0. The molecule has 10 heteroatoms. The summed E-state index contributed by atoms with van der Waals surface area (Å²) in [6, 6.07) is 13.2.